The molecule has 0 saturated carbocycles. The highest BCUT2D eigenvalue weighted by atomic mass is 32.2. The van der Waals surface area contributed by atoms with Crippen molar-refractivity contribution in [2.45, 2.75) is 32.2 Å². The molecule has 0 amide bonds. The van der Waals surface area contributed by atoms with E-state index in [-0.39, 0.29) is 0 Å². The highest BCUT2D eigenvalue weighted by Crippen LogP contribution is 2.15. The summed E-state index contributed by atoms with van der Waals surface area (Å²) < 4.78 is 0. The molecule has 1 saturated heterocycles. The van der Waals surface area contributed by atoms with Gasteiger partial charge in [-0.25, -0.2) is 0 Å². The van der Waals surface area contributed by atoms with Gasteiger partial charge >= 0.3 is 0 Å². The van der Waals surface area contributed by atoms with Gasteiger partial charge in [0.1, 0.15) is 0 Å². The first-order valence-corrected chi connectivity index (χ1v) is 7.20. The molecule has 0 radical (unpaired) electrons. The van der Waals surface area contributed by atoms with Gasteiger partial charge in [0, 0.05) is 36.7 Å². The lowest BCUT2D eigenvalue weighted by molar-refractivity contribution is 0.570. The van der Waals surface area contributed by atoms with E-state index in [1.807, 2.05) is 30.1 Å². The zero-order chi connectivity index (χ0) is 11.9. The van der Waals surface area contributed by atoms with Crippen molar-refractivity contribution in [3.8, 4) is 0 Å². The predicted octanol–water partition coefficient (Wildman–Crippen LogP) is 2.49. The number of nitrogens with zero attached hydrogens (tertiary/aromatic N) is 2. The van der Waals surface area contributed by atoms with Gasteiger partial charge in [0.25, 0.3) is 0 Å². The van der Waals surface area contributed by atoms with Crippen LogP contribution in [0.4, 0.5) is 0 Å². The number of hydrogen-bond donors (Lipinski definition) is 1. The predicted molar refractivity (Wildman–Crippen MR) is 74.5 cm³/mol. The molecule has 0 bridgehead atoms. The van der Waals surface area contributed by atoms with Crippen LogP contribution in [0.2, 0.25) is 0 Å². The Bertz CT molecular complexity index is 364. The van der Waals surface area contributed by atoms with E-state index in [0.717, 1.165) is 23.8 Å². The molecule has 1 aliphatic rings. The summed E-state index contributed by atoms with van der Waals surface area (Å²) in [5.41, 5.74) is 1.12. The van der Waals surface area contributed by atoms with E-state index in [0.29, 0.717) is 6.04 Å². The Balaban J connectivity index is 1.80. The minimum absolute atomic E-state index is 0.616. The van der Waals surface area contributed by atoms with Crippen LogP contribution in [0.3, 0.4) is 0 Å². The zero-order valence-corrected chi connectivity index (χ0v) is 11.0. The number of rotatable bonds is 4. The normalized spacial score (nSPS) is 22.4. The molecule has 0 spiro atoms. The van der Waals surface area contributed by atoms with Gasteiger partial charge in [0.15, 0.2) is 5.17 Å². The van der Waals surface area contributed by atoms with Crippen molar-refractivity contribution in [1.29, 1.82) is 0 Å². The number of aliphatic imine (C=N–C) groups is 1. The first-order valence-electron chi connectivity index (χ1n) is 6.22. The summed E-state index contributed by atoms with van der Waals surface area (Å²) >= 11 is 1.84. The smallest absolute Gasteiger partial charge is 0.156 e. The Morgan fingerprint density at radius 3 is 3.24 bits per heavy atom. The van der Waals surface area contributed by atoms with Crippen molar-refractivity contribution in [1.82, 2.24) is 10.3 Å². The molecular formula is C13H19N3S. The van der Waals surface area contributed by atoms with Gasteiger partial charge in [-0.15, -0.1) is 0 Å². The maximum atomic E-state index is 4.61. The maximum Gasteiger partial charge on any atom is 0.156 e. The second kappa shape index (κ2) is 6.64. The minimum atomic E-state index is 0.616. The van der Waals surface area contributed by atoms with E-state index < -0.39 is 0 Å². The molecule has 1 aromatic heterocycles. The molecular weight excluding hydrogens is 230 g/mol. The van der Waals surface area contributed by atoms with Gasteiger partial charge in [0.05, 0.1) is 0 Å². The third-order valence-electron chi connectivity index (χ3n) is 2.87. The Hall–Kier alpha value is -1.03. The lowest BCUT2D eigenvalue weighted by atomic mass is 10.2. The highest BCUT2D eigenvalue weighted by Gasteiger charge is 2.14. The Kier molecular flexibility index (Phi) is 4.86. The average Bonchev–Trinajstić information content (AvgIpc) is 2.40. The third kappa shape index (κ3) is 4.04. The maximum absolute atomic E-state index is 4.61. The zero-order valence-electron chi connectivity index (χ0n) is 10.2. The van der Waals surface area contributed by atoms with Crippen molar-refractivity contribution in [3.63, 3.8) is 0 Å². The molecule has 1 N–H and O–H groups in total. The number of aromatic nitrogens is 1. The van der Waals surface area contributed by atoms with Crippen LogP contribution in [0.15, 0.2) is 29.4 Å². The van der Waals surface area contributed by atoms with Crippen LogP contribution in [-0.4, -0.2) is 28.5 Å². The monoisotopic (exact) mass is 249 g/mol. The van der Waals surface area contributed by atoms with Crippen molar-refractivity contribution in [3.05, 3.63) is 30.1 Å². The Morgan fingerprint density at radius 2 is 2.47 bits per heavy atom. The van der Waals surface area contributed by atoms with Crippen LogP contribution in [0.25, 0.3) is 0 Å². The van der Waals surface area contributed by atoms with Crippen molar-refractivity contribution >= 4 is 16.9 Å². The molecule has 1 unspecified atom stereocenters. The van der Waals surface area contributed by atoms with Gasteiger partial charge in [-0.2, -0.15) is 0 Å². The van der Waals surface area contributed by atoms with E-state index in [1.54, 1.807) is 0 Å². The number of amidine groups is 1. The molecule has 0 aliphatic carbocycles. The second-order valence-corrected chi connectivity index (χ2v) is 5.23. The topological polar surface area (TPSA) is 37.3 Å². The largest absolute Gasteiger partial charge is 0.362 e. The van der Waals surface area contributed by atoms with E-state index in [9.17, 15) is 0 Å². The molecule has 17 heavy (non-hydrogen) atoms. The summed E-state index contributed by atoms with van der Waals surface area (Å²) in [5, 5.41) is 4.59. The third-order valence-corrected chi connectivity index (χ3v) is 3.84. The van der Waals surface area contributed by atoms with Crippen LogP contribution in [-0.2, 0) is 6.42 Å². The molecule has 0 aromatic carbocycles. The van der Waals surface area contributed by atoms with Gasteiger partial charge < -0.3 is 5.32 Å². The fourth-order valence-corrected chi connectivity index (χ4v) is 2.83. The van der Waals surface area contributed by atoms with Gasteiger partial charge in [0.2, 0.25) is 0 Å². The van der Waals surface area contributed by atoms with Gasteiger partial charge in [-0.1, -0.05) is 24.8 Å². The van der Waals surface area contributed by atoms with Crippen LogP contribution in [0, 0.1) is 0 Å². The molecule has 1 fully saturated rings. The SMILES string of the molecule is CCC1CCSC(=NCCc2ccccn2)N1. The quantitative estimate of drug-likeness (QED) is 0.891. The second-order valence-electron chi connectivity index (χ2n) is 4.14. The molecule has 1 aromatic rings. The molecule has 2 heterocycles. The van der Waals surface area contributed by atoms with Crippen LogP contribution in [0.1, 0.15) is 25.5 Å². The fraction of sp³-hybridized carbons (Fsp3) is 0.538. The van der Waals surface area contributed by atoms with E-state index in [2.05, 4.69) is 28.3 Å². The first-order chi connectivity index (χ1) is 8.38. The van der Waals surface area contributed by atoms with E-state index in [1.165, 1.54) is 18.6 Å². The van der Waals surface area contributed by atoms with Crippen molar-refractivity contribution in [2.75, 3.05) is 12.3 Å². The average molecular weight is 249 g/mol. The van der Waals surface area contributed by atoms with Crippen LogP contribution >= 0.6 is 11.8 Å². The molecule has 1 aliphatic heterocycles. The van der Waals surface area contributed by atoms with Crippen molar-refractivity contribution in [2.24, 2.45) is 4.99 Å². The molecule has 3 nitrogen and oxygen atoms in total. The summed E-state index contributed by atoms with van der Waals surface area (Å²) in [4.78, 5) is 8.90. The molecule has 2 rings (SSSR count). The number of nitrogens with one attached hydrogen (secondary N) is 1. The summed E-state index contributed by atoms with van der Waals surface area (Å²) in [7, 11) is 0. The minimum Gasteiger partial charge on any atom is -0.362 e. The van der Waals surface area contributed by atoms with Gasteiger partial charge in [-0.3, -0.25) is 9.98 Å². The summed E-state index contributed by atoms with van der Waals surface area (Å²) in [6.07, 6.45) is 5.19. The Morgan fingerprint density at radius 1 is 1.53 bits per heavy atom. The summed E-state index contributed by atoms with van der Waals surface area (Å²) in [6, 6.07) is 6.64. The molecule has 4 heteroatoms. The Labute approximate surface area is 107 Å². The highest BCUT2D eigenvalue weighted by molar-refractivity contribution is 8.13. The summed E-state index contributed by atoms with van der Waals surface area (Å²) in [6.45, 7) is 3.04. The van der Waals surface area contributed by atoms with Gasteiger partial charge in [-0.05, 0) is 25.0 Å². The van der Waals surface area contributed by atoms with Crippen LogP contribution < -0.4 is 5.32 Å². The number of thioether (sulfide) groups is 1. The van der Waals surface area contributed by atoms with Crippen LogP contribution in [0.5, 0.6) is 0 Å². The number of hydrogen-bond acceptors (Lipinski definition) is 3. The number of pyridine rings is 1. The van der Waals surface area contributed by atoms with E-state index in [4.69, 9.17) is 0 Å². The summed E-state index contributed by atoms with van der Waals surface area (Å²) in [5.74, 6) is 1.19. The molecule has 92 valence electrons. The van der Waals surface area contributed by atoms with Crippen molar-refractivity contribution < 1.29 is 0 Å². The lowest BCUT2D eigenvalue weighted by Crippen LogP contribution is -2.37. The standard InChI is InChI=1S/C13H19N3S/c1-2-11-7-10-17-13(16-11)15-9-6-12-5-3-4-8-14-12/h3-5,8,11H,2,6-7,9-10H2,1H3,(H,15,16). The fourth-order valence-electron chi connectivity index (χ4n) is 1.80. The first kappa shape index (κ1) is 12.4. The lowest BCUT2D eigenvalue weighted by Gasteiger charge is -2.24. The molecule has 1 atom stereocenters. The van der Waals surface area contributed by atoms with E-state index >= 15 is 0 Å².